The van der Waals surface area contributed by atoms with Crippen molar-refractivity contribution < 1.29 is 0 Å². The first-order valence-corrected chi connectivity index (χ1v) is 9.40. The van der Waals surface area contributed by atoms with Crippen LogP contribution in [0.1, 0.15) is 45.6 Å². The molecule has 2 fully saturated rings. The van der Waals surface area contributed by atoms with Crippen LogP contribution in [0.15, 0.2) is 23.3 Å². The lowest BCUT2D eigenvalue weighted by Gasteiger charge is -2.31. The van der Waals surface area contributed by atoms with E-state index in [4.69, 9.17) is 4.99 Å². The summed E-state index contributed by atoms with van der Waals surface area (Å²) in [5.41, 5.74) is 1.16. The zero-order valence-electron chi connectivity index (χ0n) is 15.3. The molecule has 1 aliphatic carbocycles. The molecule has 5 nitrogen and oxygen atoms in total. The van der Waals surface area contributed by atoms with Crippen molar-refractivity contribution in [3.63, 3.8) is 0 Å². The van der Waals surface area contributed by atoms with Crippen LogP contribution in [0.3, 0.4) is 0 Å². The molecule has 1 aromatic rings. The van der Waals surface area contributed by atoms with E-state index in [1.165, 1.54) is 19.3 Å². The molecule has 132 valence electrons. The third-order valence-electron chi connectivity index (χ3n) is 5.11. The molecule has 1 saturated heterocycles. The molecule has 1 saturated carbocycles. The summed E-state index contributed by atoms with van der Waals surface area (Å²) in [5.74, 6) is 3.63. The highest BCUT2D eigenvalue weighted by Gasteiger charge is 2.33. The average molecular weight is 329 g/mol. The van der Waals surface area contributed by atoms with E-state index in [2.05, 4.69) is 53.4 Å². The molecule has 2 atom stereocenters. The first-order chi connectivity index (χ1) is 11.7. The highest BCUT2D eigenvalue weighted by atomic mass is 15.2. The summed E-state index contributed by atoms with van der Waals surface area (Å²) in [6.45, 7) is 10.5. The Morgan fingerprint density at radius 2 is 2.04 bits per heavy atom. The molecule has 1 aliphatic heterocycles. The number of hydrogen-bond donors (Lipinski definition) is 2. The maximum Gasteiger partial charge on any atom is 0.191 e. The van der Waals surface area contributed by atoms with Crippen molar-refractivity contribution in [3.05, 3.63) is 23.9 Å². The molecule has 24 heavy (non-hydrogen) atoms. The van der Waals surface area contributed by atoms with Gasteiger partial charge in [0.2, 0.25) is 0 Å². The maximum atomic E-state index is 4.69. The van der Waals surface area contributed by atoms with E-state index in [0.717, 1.165) is 48.8 Å². The maximum absolute atomic E-state index is 4.69. The lowest BCUT2D eigenvalue weighted by molar-refractivity contribution is 0.436. The smallest absolute Gasteiger partial charge is 0.191 e. The average Bonchev–Trinajstić information content (AvgIpc) is 3.29. The van der Waals surface area contributed by atoms with Crippen molar-refractivity contribution in [2.45, 2.75) is 52.6 Å². The van der Waals surface area contributed by atoms with Crippen molar-refractivity contribution in [3.8, 4) is 0 Å². The number of aromatic nitrogens is 1. The van der Waals surface area contributed by atoms with E-state index in [0.29, 0.717) is 12.6 Å². The third kappa shape index (κ3) is 4.62. The molecule has 2 unspecified atom stereocenters. The number of hydrogen-bond acceptors (Lipinski definition) is 3. The number of nitrogens with one attached hydrogen (secondary N) is 2. The van der Waals surface area contributed by atoms with Crippen LogP contribution >= 0.6 is 0 Å². The number of rotatable bonds is 5. The first kappa shape index (κ1) is 17.1. The second-order valence-electron chi connectivity index (χ2n) is 7.35. The van der Waals surface area contributed by atoms with Crippen molar-refractivity contribution in [1.82, 2.24) is 15.6 Å². The predicted molar refractivity (Wildman–Crippen MR) is 100 cm³/mol. The second-order valence-corrected chi connectivity index (χ2v) is 7.35. The molecule has 2 N–H and O–H groups in total. The number of aliphatic imine (C=N–C) groups is 1. The highest BCUT2D eigenvalue weighted by Crippen LogP contribution is 2.28. The van der Waals surface area contributed by atoms with E-state index in [1.807, 2.05) is 6.20 Å². The molecule has 1 aromatic heterocycles. The molecule has 3 rings (SSSR count). The van der Waals surface area contributed by atoms with Crippen LogP contribution in [0.2, 0.25) is 0 Å². The van der Waals surface area contributed by atoms with Crippen LogP contribution in [0.4, 0.5) is 5.82 Å². The summed E-state index contributed by atoms with van der Waals surface area (Å²) in [7, 11) is 0. The van der Waals surface area contributed by atoms with Gasteiger partial charge in [-0.3, -0.25) is 0 Å². The fourth-order valence-corrected chi connectivity index (χ4v) is 3.12. The molecular weight excluding hydrogens is 298 g/mol. The van der Waals surface area contributed by atoms with Gasteiger partial charge in [0.15, 0.2) is 5.96 Å². The van der Waals surface area contributed by atoms with Gasteiger partial charge >= 0.3 is 0 Å². The van der Waals surface area contributed by atoms with Gasteiger partial charge in [-0.2, -0.15) is 0 Å². The standard InChI is InChI=1S/C19H31N5/c1-4-20-19(23-17-11-15(17)3)22-13-16-5-6-18(21-12-16)24-9-7-14(2)8-10-24/h5-6,12,14-15,17H,4,7-11,13H2,1-3H3,(H2,20,22,23). The summed E-state index contributed by atoms with van der Waals surface area (Å²) in [6.07, 6.45) is 5.76. The summed E-state index contributed by atoms with van der Waals surface area (Å²) >= 11 is 0. The zero-order chi connectivity index (χ0) is 16.9. The van der Waals surface area contributed by atoms with Crippen molar-refractivity contribution in [1.29, 1.82) is 0 Å². The lowest BCUT2D eigenvalue weighted by atomic mass is 9.99. The van der Waals surface area contributed by atoms with Crippen LogP contribution in [-0.4, -0.2) is 36.6 Å². The second kappa shape index (κ2) is 7.86. The van der Waals surface area contributed by atoms with Gasteiger partial charge in [-0.1, -0.05) is 19.9 Å². The fourth-order valence-electron chi connectivity index (χ4n) is 3.12. The Labute approximate surface area is 146 Å². The molecule has 0 radical (unpaired) electrons. The van der Waals surface area contributed by atoms with E-state index < -0.39 is 0 Å². The van der Waals surface area contributed by atoms with Crippen molar-refractivity contribution in [2.75, 3.05) is 24.5 Å². The van der Waals surface area contributed by atoms with E-state index >= 15 is 0 Å². The third-order valence-corrected chi connectivity index (χ3v) is 5.11. The molecule has 0 amide bonds. The minimum absolute atomic E-state index is 0.588. The Morgan fingerprint density at radius 3 is 2.62 bits per heavy atom. The van der Waals surface area contributed by atoms with Gasteiger partial charge < -0.3 is 15.5 Å². The van der Waals surface area contributed by atoms with Gasteiger partial charge in [-0.05, 0) is 49.7 Å². The number of anilines is 1. The number of guanidine groups is 1. The van der Waals surface area contributed by atoms with Gasteiger partial charge in [0.05, 0.1) is 6.54 Å². The minimum atomic E-state index is 0.588. The van der Waals surface area contributed by atoms with E-state index in [9.17, 15) is 0 Å². The fraction of sp³-hybridized carbons (Fsp3) is 0.684. The number of pyridine rings is 1. The summed E-state index contributed by atoms with van der Waals surface area (Å²) in [5, 5.41) is 6.81. The largest absolute Gasteiger partial charge is 0.357 e. The molecule has 0 spiro atoms. The Kier molecular flexibility index (Phi) is 5.59. The Bertz CT molecular complexity index is 545. The SMILES string of the molecule is CCNC(=NCc1ccc(N2CCC(C)CC2)nc1)NC1CC1C. The van der Waals surface area contributed by atoms with Gasteiger partial charge in [0.25, 0.3) is 0 Å². The Balaban J connectivity index is 1.55. The normalized spacial score (nSPS) is 24.8. The molecule has 2 heterocycles. The van der Waals surface area contributed by atoms with Crippen LogP contribution in [0, 0.1) is 11.8 Å². The molecular formula is C19H31N5. The molecule has 0 aromatic carbocycles. The van der Waals surface area contributed by atoms with Gasteiger partial charge in [0, 0.05) is 31.9 Å². The van der Waals surface area contributed by atoms with Gasteiger partial charge in [-0.25, -0.2) is 9.98 Å². The number of nitrogens with zero attached hydrogens (tertiary/aromatic N) is 3. The highest BCUT2D eigenvalue weighted by molar-refractivity contribution is 5.80. The summed E-state index contributed by atoms with van der Waals surface area (Å²) in [4.78, 5) is 11.7. The topological polar surface area (TPSA) is 52.6 Å². The quantitative estimate of drug-likeness (QED) is 0.644. The van der Waals surface area contributed by atoms with Crippen LogP contribution < -0.4 is 15.5 Å². The lowest BCUT2D eigenvalue weighted by Crippen LogP contribution is -2.39. The summed E-state index contributed by atoms with van der Waals surface area (Å²) < 4.78 is 0. The number of piperidine rings is 1. The minimum Gasteiger partial charge on any atom is -0.357 e. The summed E-state index contributed by atoms with van der Waals surface area (Å²) in [6, 6.07) is 4.89. The molecule has 0 bridgehead atoms. The van der Waals surface area contributed by atoms with E-state index in [-0.39, 0.29) is 0 Å². The predicted octanol–water partition coefficient (Wildman–Crippen LogP) is 2.78. The van der Waals surface area contributed by atoms with Crippen LogP contribution in [-0.2, 0) is 6.54 Å². The molecule has 5 heteroatoms. The zero-order valence-corrected chi connectivity index (χ0v) is 15.3. The monoisotopic (exact) mass is 329 g/mol. The Hall–Kier alpha value is -1.78. The van der Waals surface area contributed by atoms with Crippen LogP contribution in [0.25, 0.3) is 0 Å². The van der Waals surface area contributed by atoms with Gasteiger partial charge in [-0.15, -0.1) is 0 Å². The molecule has 2 aliphatic rings. The van der Waals surface area contributed by atoms with Crippen LogP contribution in [0.5, 0.6) is 0 Å². The first-order valence-electron chi connectivity index (χ1n) is 9.40. The van der Waals surface area contributed by atoms with E-state index in [1.54, 1.807) is 0 Å². The van der Waals surface area contributed by atoms with Crippen molar-refractivity contribution in [2.24, 2.45) is 16.8 Å². The van der Waals surface area contributed by atoms with Crippen molar-refractivity contribution >= 4 is 11.8 Å². The van der Waals surface area contributed by atoms with Gasteiger partial charge in [0.1, 0.15) is 5.82 Å². The Morgan fingerprint density at radius 1 is 1.29 bits per heavy atom.